The lowest BCUT2D eigenvalue weighted by molar-refractivity contribution is -0.138. The molecule has 2 aromatic rings. The molecule has 1 N–H and O–H groups in total. The van der Waals surface area contributed by atoms with Gasteiger partial charge in [-0.05, 0) is 6.92 Å². The van der Waals surface area contributed by atoms with Crippen molar-refractivity contribution in [2.75, 3.05) is 0 Å². The smallest absolute Gasteiger partial charge is 0.312 e. The number of carboxylic acids is 1. The molecule has 0 bridgehead atoms. The summed E-state index contributed by atoms with van der Waals surface area (Å²) < 4.78 is 1.64. The minimum Gasteiger partial charge on any atom is -0.481 e. The minimum atomic E-state index is -0.923. The maximum atomic E-state index is 10.8. The van der Waals surface area contributed by atoms with Crippen LogP contribution in [0.3, 0.4) is 0 Å². The fourth-order valence-electron chi connectivity index (χ4n) is 1.20. The standard InChI is InChI=1S/C8H8N4O2/c1-5(8(13)14)6-7-11-10-4-12(7)3-2-9-6/h2-5H,1H3,(H,13,14). The molecule has 2 rings (SSSR count). The van der Waals surface area contributed by atoms with E-state index in [-0.39, 0.29) is 0 Å². The fraction of sp³-hybridized carbons (Fsp3) is 0.250. The summed E-state index contributed by atoms with van der Waals surface area (Å²) in [6.07, 6.45) is 4.72. The summed E-state index contributed by atoms with van der Waals surface area (Å²) >= 11 is 0. The van der Waals surface area contributed by atoms with Crippen LogP contribution in [0.4, 0.5) is 0 Å². The van der Waals surface area contributed by atoms with Gasteiger partial charge in [0.25, 0.3) is 0 Å². The van der Waals surface area contributed by atoms with Gasteiger partial charge >= 0.3 is 5.97 Å². The van der Waals surface area contributed by atoms with Crippen LogP contribution in [0.1, 0.15) is 18.5 Å². The third-order valence-electron chi connectivity index (χ3n) is 2.02. The number of fused-ring (bicyclic) bond motifs is 1. The second-order valence-electron chi connectivity index (χ2n) is 2.93. The molecule has 72 valence electrons. The number of hydrogen-bond acceptors (Lipinski definition) is 4. The quantitative estimate of drug-likeness (QED) is 0.740. The first-order valence-electron chi connectivity index (χ1n) is 4.07. The molecular formula is C8H8N4O2. The first-order chi connectivity index (χ1) is 6.70. The highest BCUT2D eigenvalue weighted by Gasteiger charge is 2.19. The van der Waals surface area contributed by atoms with Crippen molar-refractivity contribution in [3.8, 4) is 0 Å². The van der Waals surface area contributed by atoms with Crippen molar-refractivity contribution in [1.82, 2.24) is 19.6 Å². The highest BCUT2D eigenvalue weighted by molar-refractivity contribution is 5.77. The lowest BCUT2D eigenvalue weighted by atomic mass is 10.1. The van der Waals surface area contributed by atoms with Crippen molar-refractivity contribution in [3.63, 3.8) is 0 Å². The predicted octanol–water partition coefficient (Wildman–Crippen LogP) is 0.312. The van der Waals surface area contributed by atoms with E-state index in [4.69, 9.17) is 5.11 Å². The number of rotatable bonds is 2. The number of hydrogen-bond donors (Lipinski definition) is 1. The summed E-state index contributed by atoms with van der Waals surface area (Å²) in [6.45, 7) is 1.57. The van der Waals surface area contributed by atoms with Crippen molar-refractivity contribution < 1.29 is 9.90 Å². The van der Waals surface area contributed by atoms with Crippen LogP contribution in [0.25, 0.3) is 5.65 Å². The Morgan fingerprint density at radius 3 is 3.14 bits per heavy atom. The molecule has 0 saturated heterocycles. The Balaban J connectivity index is 2.61. The molecule has 0 aliphatic carbocycles. The average Bonchev–Trinajstić information content (AvgIpc) is 2.63. The van der Waals surface area contributed by atoms with E-state index >= 15 is 0 Å². The van der Waals surface area contributed by atoms with Crippen molar-refractivity contribution in [2.45, 2.75) is 12.8 Å². The van der Waals surface area contributed by atoms with Crippen LogP contribution in [0.15, 0.2) is 18.7 Å². The zero-order chi connectivity index (χ0) is 10.1. The molecular weight excluding hydrogens is 184 g/mol. The molecule has 0 spiro atoms. The van der Waals surface area contributed by atoms with Crippen LogP contribution in [0.5, 0.6) is 0 Å². The van der Waals surface area contributed by atoms with Crippen LogP contribution in [0.2, 0.25) is 0 Å². The van der Waals surface area contributed by atoms with Crippen LogP contribution in [-0.2, 0) is 4.79 Å². The lowest BCUT2D eigenvalue weighted by Gasteiger charge is -2.05. The van der Waals surface area contributed by atoms with Crippen molar-refractivity contribution in [2.24, 2.45) is 0 Å². The van der Waals surface area contributed by atoms with Crippen LogP contribution in [0, 0.1) is 0 Å². The third kappa shape index (κ3) is 1.20. The topological polar surface area (TPSA) is 80.4 Å². The van der Waals surface area contributed by atoms with Crippen LogP contribution < -0.4 is 0 Å². The molecule has 6 heteroatoms. The SMILES string of the molecule is CC(C(=O)O)c1nccn2cnnc12. The van der Waals surface area contributed by atoms with E-state index in [0.29, 0.717) is 11.3 Å². The molecule has 0 fully saturated rings. The second-order valence-corrected chi connectivity index (χ2v) is 2.93. The highest BCUT2D eigenvalue weighted by Crippen LogP contribution is 2.16. The third-order valence-corrected chi connectivity index (χ3v) is 2.02. The number of nitrogens with zero attached hydrogens (tertiary/aromatic N) is 4. The Labute approximate surface area is 79.2 Å². The molecule has 1 unspecified atom stereocenters. The minimum absolute atomic E-state index is 0.428. The van der Waals surface area contributed by atoms with Gasteiger partial charge in [-0.25, -0.2) is 0 Å². The van der Waals surface area contributed by atoms with Gasteiger partial charge in [0, 0.05) is 12.4 Å². The van der Waals surface area contributed by atoms with Gasteiger partial charge in [0.05, 0.1) is 11.6 Å². The Morgan fingerprint density at radius 2 is 2.43 bits per heavy atom. The van der Waals surface area contributed by atoms with E-state index in [9.17, 15) is 4.79 Å². The summed E-state index contributed by atoms with van der Waals surface area (Å²) in [5, 5.41) is 16.3. The van der Waals surface area contributed by atoms with Gasteiger partial charge in [-0.2, -0.15) is 0 Å². The molecule has 2 heterocycles. The van der Waals surface area contributed by atoms with Gasteiger partial charge in [0.15, 0.2) is 5.65 Å². The van der Waals surface area contributed by atoms with E-state index in [1.165, 1.54) is 12.5 Å². The normalized spacial score (nSPS) is 12.9. The van der Waals surface area contributed by atoms with Crippen molar-refractivity contribution in [3.05, 3.63) is 24.4 Å². The molecule has 0 saturated carbocycles. The molecule has 0 aromatic carbocycles. The fourth-order valence-corrected chi connectivity index (χ4v) is 1.20. The summed E-state index contributed by atoms with van der Waals surface area (Å²) in [4.78, 5) is 14.8. The molecule has 0 aliphatic rings. The summed E-state index contributed by atoms with van der Waals surface area (Å²) in [5.41, 5.74) is 0.917. The Kier molecular flexibility index (Phi) is 1.88. The van der Waals surface area contributed by atoms with Crippen LogP contribution in [-0.4, -0.2) is 30.7 Å². The Hall–Kier alpha value is -1.98. The summed E-state index contributed by atoms with van der Waals surface area (Å²) in [7, 11) is 0. The largest absolute Gasteiger partial charge is 0.481 e. The molecule has 6 nitrogen and oxygen atoms in total. The van der Waals surface area contributed by atoms with Gasteiger partial charge in [-0.1, -0.05) is 0 Å². The number of carbonyl (C=O) groups is 1. The zero-order valence-electron chi connectivity index (χ0n) is 7.45. The van der Waals surface area contributed by atoms with Crippen molar-refractivity contribution in [1.29, 1.82) is 0 Å². The maximum Gasteiger partial charge on any atom is 0.312 e. The second kappa shape index (κ2) is 3.06. The zero-order valence-corrected chi connectivity index (χ0v) is 7.45. The molecule has 14 heavy (non-hydrogen) atoms. The maximum absolute atomic E-state index is 10.8. The summed E-state index contributed by atoms with van der Waals surface area (Å²) in [5.74, 6) is -1.60. The van der Waals surface area contributed by atoms with E-state index in [1.54, 1.807) is 17.5 Å². The average molecular weight is 192 g/mol. The van der Waals surface area contributed by atoms with Gasteiger partial charge in [0.2, 0.25) is 0 Å². The molecule has 0 aliphatic heterocycles. The van der Waals surface area contributed by atoms with Gasteiger partial charge in [-0.15, -0.1) is 10.2 Å². The Morgan fingerprint density at radius 1 is 1.64 bits per heavy atom. The van der Waals surface area contributed by atoms with Crippen LogP contribution >= 0.6 is 0 Å². The van der Waals surface area contributed by atoms with Gasteiger partial charge in [-0.3, -0.25) is 14.2 Å². The number of aliphatic carboxylic acids is 1. The monoisotopic (exact) mass is 192 g/mol. The first kappa shape index (κ1) is 8.61. The number of aromatic nitrogens is 4. The lowest BCUT2D eigenvalue weighted by Crippen LogP contribution is -2.10. The van der Waals surface area contributed by atoms with Crippen molar-refractivity contribution >= 4 is 11.6 Å². The number of carboxylic acid groups (broad SMARTS) is 1. The van der Waals surface area contributed by atoms with E-state index in [0.717, 1.165) is 0 Å². The van der Waals surface area contributed by atoms with E-state index < -0.39 is 11.9 Å². The predicted molar refractivity (Wildman–Crippen MR) is 46.8 cm³/mol. The molecule has 2 aromatic heterocycles. The van der Waals surface area contributed by atoms with E-state index in [1.807, 2.05) is 0 Å². The van der Waals surface area contributed by atoms with Gasteiger partial charge in [0.1, 0.15) is 6.33 Å². The Bertz CT molecular complexity index is 479. The molecule has 0 amide bonds. The molecule has 0 radical (unpaired) electrons. The summed E-state index contributed by atoms with van der Waals surface area (Å²) in [6, 6.07) is 0. The highest BCUT2D eigenvalue weighted by atomic mass is 16.4. The molecule has 1 atom stereocenters. The van der Waals surface area contributed by atoms with E-state index in [2.05, 4.69) is 15.2 Å². The van der Waals surface area contributed by atoms with Gasteiger partial charge < -0.3 is 5.11 Å². The first-order valence-corrected chi connectivity index (χ1v) is 4.07.